The molecule has 0 amide bonds. The summed E-state index contributed by atoms with van der Waals surface area (Å²) in [5.41, 5.74) is 0.942. The summed E-state index contributed by atoms with van der Waals surface area (Å²) in [6.07, 6.45) is -0.125. The molecule has 0 aliphatic rings. The molecule has 0 aliphatic carbocycles. The van der Waals surface area contributed by atoms with Crippen molar-refractivity contribution >= 4 is 13.6 Å². The van der Waals surface area contributed by atoms with E-state index >= 15 is 0 Å². The maximum atomic E-state index is 13.9. The van der Waals surface area contributed by atoms with E-state index in [4.69, 9.17) is 0 Å². The van der Waals surface area contributed by atoms with Gasteiger partial charge < -0.3 is 13.8 Å². The van der Waals surface area contributed by atoms with E-state index in [9.17, 15) is 13.8 Å². The molecule has 1 rings (SSSR count). The predicted molar refractivity (Wildman–Crippen MR) is 68.0 cm³/mol. The number of carbonyl (C=O) groups excluding carboxylic acids is 1. The zero-order chi connectivity index (χ0) is 14.5. The predicted octanol–water partition coefficient (Wildman–Crippen LogP) is 2.80. The van der Waals surface area contributed by atoms with Crippen molar-refractivity contribution in [2.24, 2.45) is 0 Å². The van der Waals surface area contributed by atoms with E-state index in [1.165, 1.54) is 19.2 Å². The highest BCUT2D eigenvalue weighted by Crippen LogP contribution is 2.53. The van der Waals surface area contributed by atoms with Crippen molar-refractivity contribution in [1.82, 2.24) is 0 Å². The molecule has 1 aromatic rings. The molecule has 5 nitrogen and oxygen atoms in total. The lowest BCUT2D eigenvalue weighted by Crippen LogP contribution is -2.09. The molecule has 0 heterocycles. The number of carbonyl (C=O) groups is 1. The molecule has 0 N–H and O–H groups in total. The molecule has 7 heteroatoms. The van der Waals surface area contributed by atoms with Gasteiger partial charge in [-0.3, -0.25) is 4.57 Å². The molecule has 0 fully saturated rings. The average Bonchev–Trinajstić information content (AvgIpc) is 2.46. The highest BCUT2D eigenvalue weighted by atomic mass is 31.2. The Labute approximate surface area is 111 Å². The molecule has 1 aromatic carbocycles. The van der Waals surface area contributed by atoms with Crippen molar-refractivity contribution in [2.45, 2.75) is 12.3 Å². The minimum Gasteiger partial charge on any atom is -0.465 e. The molecule has 0 aromatic heterocycles. The lowest BCUT2D eigenvalue weighted by atomic mass is 10.1. The molecular formula is C12H16FO5P. The molecule has 0 radical (unpaired) electrons. The molecule has 106 valence electrons. The zero-order valence-corrected chi connectivity index (χ0v) is 11.9. The Morgan fingerprint density at radius 2 is 1.74 bits per heavy atom. The zero-order valence-electron chi connectivity index (χ0n) is 11.0. The van der Waals surface area contributed by atoms with Crippen LogP contribution < -0.4 is 0 Å². The summed E-state index contributed by atoms with van der Waals surface area (Å²) < 4.78 is 39.4. The van der Waals surface area contributed by atoms with E-state index in [2.05, 4.69) is 13.8 Å². The van der Waals surface area contributed by atoms with E-state index < -0.39 is 19.5 Å². The van der Waals surface area contributed by atoms with Crippen LogP contribution in [0.25, 0.3) is 0 Å². The molecule has 0 aliphatic heterocycles. The number of esters is 1. The summed E-state index contributed by atoms with van der Waals surface area (Å²) in [6.45, 7) is 0. The maximum absolute atomic E-state index is 13.9. The van der Waals surface area contributed by atoms with Crippen LogP contribution in [-0.2, 0) is 24.8 Å². The van der Waals surface area contributed by atoms with Crippen molar-refractivity contribution < 1.29 is 27.5 Å². The molecule has 19 heavy (non-hydrogen) atoms. The minimum atomic E-state index is -3.73. The van der Waals surface area contributed by atoms with Crippen LogP contribution in [0.2, 0.25) is 0 Å². The minimum absolute atomic E-state index is 0.125. The molecule has 1 atom stereocenters. The second-order valence-corrected chi connectivity index (χ2v) is 6.10. The number of hydrogen-bond donors (Lipinski definition) is 0. The van der Waals surface area contributed by atoms with Gasteiger partial charge >= 0.3 is 13.6 Å². The van der Waals surface area contributed by atoms with Gasteiger partial charge in [-0.05, 0) is 17.7 Å². The second-order valence-electron chi connectivity index (χ2n) is 3.73. The van der Waals surface area contributed by atoms with Crippen molar-refractivity contribution in [3.8, 4) is 0 Å². The Balaban J connectivity index is 2.78. The first-order chi connectivity index (χ1) is 8.96. The van der Waals surface area contributed by atoms with Gasteiger partial charge in [0.2, 0.25) is 5.91 Å². The van der Waals surface area contributed by atoms with Gasteiger partial charge in [0.05, 0.1) is 12.7 Å². The number of halogens is 1. The summed E-state index contributed by atoms with van der Waals surface area (Å²) in [5, 5.41) is 0. The van der Waals surface area contributed by atoms with Crippen LogP contribution in [0.3, 0.4) is 0 Å². The highest BCUT2D eigenvalue weighted by molar-refractivity contribution is 7.54. The fraction of sp³-hybridized carbons (Fsp3) is 0.417. The molecule has 0 saturated heterocycles. The van der Waals surface area contributed by atoms with Crippen LogP contribution in [0.15, 0.2) is 24.3 Å². The van der Waals surface area contributed by atoms with Gasteiger partial charge in [0.1, 0.15) is 0 Å². The number of hydrogen-bond acceptors (Lipinski definition) is 5. The number of methoxy groups -OCH3 is 1. The van der Waals surface area contributed by atoms with Crippen molar-refractivity contribution in [3.63, 3.8) is 0 Å². The summed E-state index contributed by atoms with van der Waals surface area (Å²) in [7, 11) is -0.181. The molecule has 0 spiro atoms. The highest BCUT2D eigenvalue weighted by Gasteiger charge is 2.34. The van der Waals surface area contributed by atoms with Crippen LogP contribution in [0.1, 0.15) is 15.9 Å². The number of ether oxygens (including phenoxy) is 1. The van der Waals surface area contributed by atoms with Crippen LogP contribution in [-0.4, -0.2) is 33.2 Å². The van der Waals surface area contributed by atoms with Gasteiger partial charge in [-0.2, -0.15) is 0 Å². The number of alkyl halides is 1. The molecular weight excluding hydrogens is 274 g/mol. The van der Waals surface area contributed by atoms with E-state index in [0.29, 0.717) is 11.1 Å². The maximum Gasteiger partial charge on any atom is 0.364 e. The first kappa shape index (κ1) is 15.8. The fourth-order valence-electron chi connectivity index (χ4n) is 1.50. The third kappa shape index (κ3) is 3.86. The van der Waals surface area contributed by atoms with E-state index in [1.54, 1.807) is 12.1 Å². The number of benzene rings is 1. The summed E-state index contributed by atoms with van der Waals surface area (Å²) >= 11 is 0. The lowest BCUT2D eigenvalue weighted by Gasteiger charge is -2.17. The van der Waals surface area contributed by atoms with Crippen LogP contribution >= 0.6 is 7.60 Å². The number of rotatable bonds is 6. The summed E-state index contributed by atoms with van der Waals surface area (Å²) in [6, 6.07) is 6.15. The van der Waals surface area contributed by atoms with Gasteiger partial charge in [-0.25, -0.2) is 9.18 Å². The van der Waals surface area contributed by atoms with Crippen molar-refractivity contribution in [2.75, 3.05) is 21.3 Å². The van der Waals surface area contributed by atoms with Crippen LogP contribution in [0.5, 0.6) is 0 Å². The standard InChI is InChI=1S/C12H16FO5P/c1-16-12(14)10-6-4-9(5-7-10)8-11(13)19(15,17-2)18-3/h4-7,11H,8H2,1-3H3. The van der Waals surface area contributed by atoms with Gasteiger partial charge in [-0.1, -0.05) is 12.1 Å². The van der Waals surface area contributed by atoms with Crippen molar-refractivity contribution in [1.29, 1.82) is 0 Å². The summed E-state index contributed by atoms with van der Waals surface area (Å²) in [5.74, 6) is -2.23. The van der Waals surface area contributed by atoms with Gasteiger partial charge in [-0.15, -0.1) is 0 Å². The molecule has 0 bridgehead atoms. The van der Waals surface area contributed by atoms with Crippen LogP contribution in [0, 0.1) is 0 Å². The third-order valence-electron chi connectivity index (χ3n) is 2.63. The Kier molecular flexibility index (Phi) is 5.66. The van der Waals surface area contributed by atoms with Crippen molar-refractivity contribution in [3.05, 3.63) is 35.4 Å². The third-order valence-corrected chi connectivity index (χ3v) is 4.52. The monoisotopic (exact) mass is 290 g/mol. The quantitative estimate of drug-likeness (QED) is 0.595. The smallest absolute Gasteiger partial charge is 0.364 e. The Hall–Kier alpha value is -1.23. The largest absolute Gasteiger partial charge is 0.465 e. The Morgan fingerprint density at radius 1 is 1.21 bits per heavy atom. The SMILES string of the molecule is COC(=O)c1ccc(CC(F)P(=O)(OC)OC)cc1. The van der Waals surface area contributed by atoms with Gasteiger partial charge in [0.25, 0.3) is 0 Å². The van der Waals surface area contributed by atoms with E-state index in [1.807, 2.05) is 0 Å². The van der Waals surface area contributed by atoms with Gasteiger partial charge in [0, 0.05) is 20.6 Å². The normalized spacial score (nSPS) is 13.1. The first-order valence-electron chi connectivity index (χ1n) is 5.49. The molecule has 1 unspecified atom stereocenters. The van der Waals surface area contributed by atoms with Gasteiger partial charge in [0.15, 0.2) is 0 Å². The second kappa shape index (κ2) is 6.80. The Morgan fingerprint density at radius 3 is 2.16 bits per heavy atom. The van der Waals surface area contributed by atoms with Crippen LogP contribution in [0.4, 0.5) is 4.39 Å². The first-order valence-corrected chi connectivity index (χ1v) is 7.10. The summed E-state index contributed by atoms with van der Waals surface area (Å²) in [4.78, 5) is 11.2. The van der Waals surface area contributed by atoms with E-state index in [-0.39, 0.29) is 6.42 Å². The molecule has 0 saturated carbocycles. The fourth-order valence-corrected chi connectivity index (χ4v) is 2.55. The average molecular weight is 290 g/mol. The van der Waals surface area contributed by atoms with E-state index in [0.717, 1.165) is 14.2 Å². The lowest BCUT2D eigenvalue weighted by molar-refractivity contribution is 0.0600. The topological polar surface area (TPSA) is 61.8 Å². The Bertz CT molecular complexity index is 466.